The topological polar surface area (TPSA) is 64.8 Å². The molecule has 0 unspecified atom stereocenters. The van der Waals surface area contributed by atoms with Gasteiger partial charge in [0.25, 0.3) is 5.91 Å². The van der Waals surface area contributed by atoms with Crippen molar-refractivity contribution in [1.82, 2.24) is 4.90 Å². The predicted octanol–water partition coefficient (Wildman–Crippen LogP) is 0.776. The first-order valence-corrected chi connectivity index (χ1v) is 6.68. The SMILES string of the molecule is NC[C@H]1CCCN1C(=O)[C@@H]1COc2ccccc2O1. The summed E-state index contributed by atoms with van der Waals surface area (Å²) in [6.45, 7) is 1.54. The van der Waals surface area contributed by atoms with Crippen LogP contribution < -0.4 is 15.2 Å². The summed E-state index contributed by atoms with van der Waals surface area (Å²) in [4.78, 5) is 14.3. The number of hydrogen-bond acceptors (Lipinski definition) is 4. The number of nitrogens with zero attached hydrogens (tertiary/aromatic N) is 1. The molecule has 19 heavy (non-hydrogen) atoms. The van der Waals surface area contributed by atoms with Crippen molar-refractivity contribution < 1.29 is 14.3 Å². The van der Waals surface area contributed by atoms with E-state index >= 15 is 0 Å². The zero-order chi connectivity index (χ0) is 13.2. The molecule has 2 aliphatic rings. The molecule has 0 aromatic heterocycles. The number of carbonyl (C=O) groups excluding carboxylic acids is 1. The molecule has 5 nitrogen and oxygen atoms in total. The molecule has 2 atom stereocenters. The van der Waals surface area contributed by atoms with Crippen LogP contribution in [0.5, 0.6) is 11.5 Å². The van der Waals surface area contributed by atoms with Crippen molar-refractivity contribution >= 4 is 5.91 Å². The molecule has 1 aromatic carbocycles. The normalized spacial score (nSPS) is 25.4. The van der Waals surface area contributed by atoms with Crippen LogP contribution in [0, 0.1) is 0 Å². The van der Waals surface area contributed by atoms with Crippen molar-refractivity contribution in [3.8, 4) is 11.5 Å². The van der Waals surface area contributed by atoms with Crippen molar-refractivity contribution in [2.24, 2.45) is 5.73 Å². The molecule has 0 saturated carbocycles. The van der Waals surface area contributed by atoms with Gasteiger partial charge in [-0.05, 0) is 25.0 Å². The summed E-state index contributed by atoms with van der Waals surface area (Å²) in [7, 11) is 0. The van der Waals surface area contributed by atoms with E-state index in [0.29, 0.717) is 18.0 Å². The molecule has 0 aliphatic carbocycles. The molecule has 1 saturated heterocycles. The van der Waals surface area contributed by atoms with Gasteiger partial charge in [0.15, 0.2) is 11.5 Å². The minimum Gasteiger partial charge on any atom is -0.485 e. The summed E-state index contributed by atoms with van der Waals surface area (Å²) < 4.78 is 11.3. The molecule has 0 radical (unpaired) electrons. The van der Waals surface area contributed by atoms with Gasteiger partial charge in [0, 0.05) is 19.1 Å². The summed E-state index contributed by atoms with van der Waals surface area (Å²) in [6, 6.07) is 7.56. The molecular formula is C14H18N2O3. The van der Waals surface area contributed by atoms with Gasteiger partial charge >= 0.3 is 0 Å². The van der Waals surface area contributed by atoms with Crippen molar-refractivity contribution in [3.63, 3.8) is 0 Å². The first-order chi connectivity index (χ1) is 9.29. The predicted molar refractivity (Wildman–Crippen MR) is 70.1 cm³/mol. The van der Waals surface area contributed by atoms with E-state index in [-0.39, 0.29) is 18.6 Å². The number of carbonyl (C=O) groups is 1. The highest BCUT2D eigenvalue weighted by atomic mass is 16.6. The smallest absolute Gasteiger partial charge is 0.267 e. The Balaban J connectivity index is 1.72. The van der Waals surface area contributed by atoms with Gasteiger partial charge in [-0.25, -0.2) is 0 Å². The molecule has 102 valence electrons. The molecule has 2 heterocycles. The quantitative estimate of drug-likeness (QED) is 0.855. The Hall–Kier alpha value is -1.75. The van der Waals surface area contributed by atoms with E-state index in [1.54, 1.807) is 0 Å². The van der Waals surface area contributed by atoms with Crippen molar-refractivity contribution in [3.05, 3.63) is 24.3 Å². The van der Waals surface area contributed by atoms with Crippen LogP contribution in [0.25, 0.3) is 0 Å². The lowest BCUT2D eigenvalue weighted by molar-refractivity contribution is -0.141. The van der Waals surface area contributed by atoms with Crippen LogP contribution >= 0.6 is 0 Å². The number of ether oxygens (including phenoxy) is 2. The fourth-order valence-electron chi connectivity index (χ4n) is 2.70. The zero-order valence-electron chi connectivity index (χ0n) is 10.7. The second-order valence-electron chi connectivity index (χ2n) is 4.93. The number of fused-ring (bicyclic) bond motifs is 1. The highest BCUT2D eigenvalue weighted by molar-refractivity contribution is 5.82. The van der Waals surface area contributed by atoms with E-state index in [2.05, 4.69) is 0 Å². The maximum Gasteiger partial charge on any atom is 0.267 e. The lowest BCUT2D eigenvalue weighted by Crippen LogP contribution is -2.49. The fourth-order valence-corrected chi connectivity index (χ4v) is 2.70. The van der Waals surface area contributed by atoms with Crippen molar-refractivity contribution in [2.45, 2.75) is 25.0 Å². The van der Waals surface area contributed by atoms with Gasteiger partial charge < -0.3 is 20.1 Å². The van der Waals surface area contributed by atoms with E-state index in [1.807, 2.05) is 29.2 Å². The number of likely N-dealkylation sites (tertiary alicyclic amines) is 1. The highest BCUT2D eigenvalue weighted by Crippen LogP contribution is 2.31. The third-order valence-electron chi connectivity index (χ3n) is 3.72. The number of amides is 1. The molecular weight excluding hydrogens is 244 g/mol. The number of hydrogen-bond donors (Lipinski definition) is 1. The average Bonchev–Trinajstić information content (AvgIpc) is 2.94. The summed E-state index contributed by atoms with van der Waals surface area (Å²) in [5.41, 5.74) is 5.70. The standard InChI is InChI=1S/C14H18N2O3/c15-8-10-4-3-7-16(10)14(17)13-9-18-11-5-1-2-6-12(11)19-13/h1-2,5-6,10,13H,3-4,7-9,15H2/t10-,13+/m1/s1. The van der Waals surface area contributed by atoms with Gasteiger partial charge in [-0.15, -0.1) is 0 Å². The molecule has 0 spiro atoms. The molecule has 5 heteroatoms. The monoisotopic (exact) mass is 262 g/mol. The molecule has 2 N–H and O–H groups in total. The Bertz CT molecular complexity index is 478. The lowest BCUT2D eigenvalue weighted by atomic mass is 10.2. The fraction of sp³-hybridized carbons (Fsp3) is 0.500. The first kappa shape index (κ1) is 12.3. The van der Waals surface area contributed by atoms with E-state index in [1.165, 1.54) is 0 Å². The maximum absolute atomic E-state index is 12.4. The van der Waals surface area contributed by atoms with Crippen LogP contribution in [-0.4, -0.2) is 42.6 Å². The lowest BCUT2D eigenvalue weighted by Gasteiger charge is -2.31. The van der Waals surface area contributed by atoms with E-state index in [0.717, 1.165) is 19.4 Å². The minimum atomic E-state index is -0.554. The number of benzene rings is 1. The van der Waals surface area contributed by atoms with Crippen molar-refractivity contribution in [2.75, 3.05) is 19.7 Å². The number of rotatable bonds is 2. The second kappa shape index (κ2) is 5.09. The van der Waals surface area contributed by atoms with Gasteiger partial charge in [-0.2, -0.15) is 0 Å². The first-order valence-electron chi connectivity index (χ1n) is 6.68. The molecule has 2 aliphatic heterocycles. The minimum absolute atomic E-state index is 0.0116. The largest absolute Gasteiger partial charge is 0.485 e. The third kappa shape index (κ3) is 2.26. The van der Waals surface area contributed by atoms with Crippen LogP contribution in [-0.2, 0) is 4.79 Å². The summed E-state index contributed by atoms with van der Waals surface area (Å²) in [5.74, 6) is 1.32. The Kier molecular flexibility index (Phi) is 3.29. The Morgan fingerprint density at radius 2 is 2.16 bits per heavy atom. The third-order valence-corrected chi connectivity index (χ3v) is 3.72. The molecule has 1 fully saturated rings. The zero-order valence-corrected chi connectivity index (χ0v) is 10.7. The van der Waals surface area contributed by atoms with Crippen LogP contribution in [0.2, 0.25) is 0 Å². The van der Waals surface area contributed by atoms with Gasteiger partial charge in [-0.3, -0.25) is 4.79 Å². The molecule has 0 bridgehead atoms. The summed E-state index contributed by atoms with van der Waals surface area (Å²) in [6.07, 6.45) is 1.44. The second-order valence-corrected chi connectivity index (χ2v) is 4.93. The maximum atomic E-state index is 12.4. The van der Waals surface area contributed by atoms with Crippen molar-refractivity contribution in [1.29, 1.82) is 0 Å². The Morgan fingerprint density at radius 1 is 1.37 bits per heavy atom. The summed E-state index contributed by atoms with van der Waals surface area (Å²) >= 11 is 0. The van der Waals surface area contributed by atoms with Gasteiger partial charge in [0.2, 0.25) is 6.10 Å². The van der Waals surface area contributed by atoms with Crippen LogP contribution in [0.1, 0.15) is 12.8 Å². The molecule has 3 rings (SSSR count). The number of para-hydroxylation sites is 2. The van der Waals surface area contributed by atoms with E-state index in [4.69, 9.17) is 15.2 Å². The van der Waals surface area contributed by atoms with Crippen LogP contribution in [0.3, 0.4) is 0 Å². The van der Waals surface area contributed by atoms with Gasteiger partial charge in [0.05, 0.1) is 0 Å². The summed E-state index contributed by atoms with van der Waals surface area (Å²) in [5, 5.41) is 0. The van der Waals surface area contributed by atoms with E-state index in [9.17, 15) is 4.79 Å². The van der Waals surface area contributed by atoms with Crippen LogP contribution in [0.4, 0.5) is 0 Å². The molecule has 1 aromatic rings. The average molecular weight is 262 g/mol. The van der Waals surface area contributed by atoms with E-state index < -0.39 is 6.10 Å². The van der Waals surface area contributed by atoms with Crippen LogP contribution in [0.15, 0.2) is 24.3 Å². The van der Waals surface area contributed by atoms with Gasteiger partial charge in [-0.1, -0.05) is 12.1 Å². The Morgan fingerprint density at radius 3 is 2.95 bits per heavy atom. The Labute approximate surface area is 112 Å². The highest BCUT2D eigenvalue weighted by Gasteiger charge is 2.35. The van der Waals surface area contributed by atoms with Gasteiger partial charge in [0.1, 0.15) is 6.61 Å². The number of nitrogens with two attached hydrogens (primary N) is 1. The molecule has 1 amide bonds.